The fraction of sp³-hybridized carbons (Fsp3) is 0.364. The standard InChI is InChI=1S/C22H22F3N5O4S2/c1-2-16(18-11-35-21(29-18)30-36(32,33)15-7-8-15)20(31)27-14-5-3-13(4-6-14)17-9-26-10-19(28-17)34-12-22(23,24)25/h3-6,9-11,15-16H,2,7-8,12H2,1H3,(H,27,31)(H,29,30). The van der Waals surface area contributed by atoms with Crippen molar-refractivity contribution in [2.24, 2.45) is 0 Å². The van der Waals surface area contributed by atoms with Crippen LogP contribution in [0.5, 0.6) is 5.88 Å². The van der Waals surface area contributed by atoms with Gasteiger partial charge in [0.2, 0.25) is 21.8 Å². The number of sulfonamides is 1. The number of hydrogen-bond donors (Lipinski definition) is 2. The second kappa shape index (κ2) is 10.4. The highest BCUT2D eigenvalue weighted by Crippen LogP contribution is 2.32. The van der Waals surface area contributed by atoms with E-state index in [2.05, 4.69) is 29.7 Å². The number of halogens is 3. The molecule has 0 radical (unpaired) electrons. The summed E-state index contributed by atoms with van der Waals surface area (Å²) >= 11 is 1.13. The monoisotopic (exact) mass is 541 g/mol. The highest BCUT2D eigenvalue weighted by atomic mass is 32.2. The Bertz CT molecular complexity index is 1330. The number of nitrogens with one attached hydrogen (secondary N) is 2. The molecule has 0 saturated heterocycles. The number of carbonyl (C=O) groups is 1. The largest absolute Gasteiger partial charge is 0.467 e. The molecule has 0 spiro atoms. The van der Waals surface area contributed by atoms with Crippen molar-refractivity contribution in [3.8, 4) is 17.1 Å². The summed E-state index contributed by atoms with van der Waals surface area (Å²) in [5.74, 6) is -1.15. The van der Waals surface area contributed by atoms with Crippen LogP contribution in [0.1, 0.15) is 37.8 Å². The zero-order valence-corrected chi connectivity index (χ0v) is 20.6. The van der Waals surface area contributed by atoms with Crippen molar-refractivity contribution in [1.29, 1.82) is 0 Å². The Morgan fingerprint density at radius 2 is 1.92 bits per heavy atom. The number of carbonyl (C=O) groups excluding carboxylic acids is 1. The zero-order valence-electron chi connectivity index (χ0n) is 18.9. The first-order chi connectivity index (χ1) is 17.0. The minimum atomic E-state index is -4.49. The number of hydrogen-bond acceptors (Lipinski definition) is 8. The molecule has 1 fully saturated rings. The smallest absolute Gasteiger partial charge is 0.422 e. The predicted molar refractivity (Wildman–Crippen MR) is 128 cm³/mol. The molecule has 4 rings (SSSR count). The first-order valence-corrected chi connectivity index (χ1v) is 13.4. The summed E-state index contributed by atoms with van der Waals surface area (Å²) in [7, 11) is -3.44. The van der Waals surface area contributed by atoms with Gasteiger partial charge in [-0.15, -0.1) is 11.3 Å². The molecular formula is C22H22F3N5O4S2. The van der Waals surface area contributed by atoms with Crippen LogP contribution in [0.15, 0.2) is 42.0 Å². The van der Waals surface area contributed by atoms with Crippen molar-refractivity contribution >= 4 is 38.1 Å². The fourth-order valence-electron chi connectivity index (χ4n) is 3.27. The summed E-state index contributed by atoms with van der Waals surface area (Å²) in [6.07, 6.45) is -0.290. The van der Waals surface area contributed by atoms with E-state index in [1.54, 1.807) is 29.6 Å². The number of aromatic nitrogens is 3. The maximum Gasteiger partial charge on any atom is 0.422 e. The van der Waals surface area contributed by atoms with E-state index in [1.165, 1.54) is 6.20 Å². The molecule has 1 aromatic carbocycles. The number of thiazole rings is 1. The first kappa shape index (κ1) is 25.8. The van der Waals surface area contributed by atoms with E-state index in [0.717, 1.165) is 17.5 Å². The molecule has 1 aliphatic carbocycles. The molecule has 2 aromatic heterocycles. The maximum absolute atomic E-state index is 12.9. The molecule has 0 bridgehead atoms. The topological polar surface area (TPSA) is 123 Å². The van der Waals surface area contributed by atoms with Crippen LogP contribution in [-0.4, -0.2) is 47.3 Å². The number of nitrogens with zero attached hydrogens (tertiary/aromatic N) is 3. The Morgan fingerprint density at radius 3 is 2.56 bits per heavy atom. The fourth-order valence-corrected chi connectivity index (χ4v) is 5.63. The highest BCUT2D eigenvalue weighted by molar-refractivity contribution is 7.93. The minimum absolute atomic E-state index is 0.232. The van der Waals surface area contributed by atoms with Gasteiger partial charge >= 0.3 is 6.18 Å². The summed E-state index contributed by atoms with van der Waals surface area (Å²) in [4.78, 5) is 25.1. The Balaban J connectivity index is 1.40. The summed E-state index contributed by atoms with van der Waals surface area (Å²) in [6, 6.07) is 6.53. The number of ether oxygens (including phenoxy) is 1. The van der Waals surface area contributed by atoms with E-state index < -0.39 is 28.7 Å². The third kappa shape index (κ3) is 6.69. The van der Waals surface area contributed by atoms with Crippen molar-refractivity contribution in [1.82, 2.24) is 15.0 Å². The Kier molecular flexibility index (Phi) is 7.45. The second-order valence-electron chi connectivity index (χ2n) is 8.10. The van der Waals surface area contributed by atoms with Crippen LogP contribution in [0.3, 0.4) is 0 Å². The lowest BCUT2D eigenvalue weighted by atomic mass is 10.0. The van der Waals surface area contributed by atoms with Gasteiger partial charge in [-0.25, -0.2) is 18.4 Å². The summed E-state index contributed by atoms with van der Waals surface area (Å²) in [5.41, 5.74) is 1.83. The van der Waals surface area contributed by atoms with Gasteiger partial charge in [0.25, 0.3) is 0 Å². The molecule has 192 valence electrons. The Hall–Kier alpha value is -3.26. The van der Waals surface area contributed by atoms with E-state index in [9.17, 15) is 26.4 Å². The van der Waals surface area contributed by atoms with Crippen LogP contribution in [0.4, 0.5) is 24.0 Å². The molecule has 1 saturated carbocycles. The van der Waals surface area contributed by atoms with Gasteiger partial charge in [-0.05, 0) is 31.4 Å². The van der Waals surface area contributed by atoms with Crippen LogP contribution in [-0.2, 0) is 14.8 Å². The molecule has 14 heteroatoms. The second-order valence-corrected chi connectivity index (χ2v) is 10.9. The minimum Gasteiger partial charge on any atom is -0.467 e. The van der Waals surface area contributed by atoms with E-state index in [-0.39, 0.29) is 22.2 Å². The summed E-state index contributed by atoms with van der Waals surface area (Å²) < 4.78 is 68.5. The molecular weight excluding hydrogens is 519 g/mol. The molecule has 1 unspecified atom stereocenters. The number of anilines is 2. The van der Waals surface area contributed by atoms with Crippen LogP contribution in [0, 0.1) is 0 Å². The summed E-state index contributed by atoms with van der Waals surface area (Å²) in [5, 5.41) is 4.32. The zero-order chi connectivity index (χ0) is 25.9. The number of benzene rings is 1. The Labute approximate surface area is 209 Å². The van der Waals surface area contributed by atoms with E-state index in [1.807, 2.05) is 6.92 Å². The quantitative estimate of drug-likeness (QED) is 0.385. The average Bonchev–Trinajstić information content (AvgIpc) is 3.60. The number of rotatable bonds is 10. The average molecular weight is 542 g/mol. The highest BCUT2D eigenvalue weighted by Gasteiger charge is 2.36. The molecule has 1 amide bonds. The van der Waals surface area contributed by atoms with Gasteiger partial charge in [0.1, 0.15) is 0 Å². The first-order valence-electron chi connectivity index (χ1n) is 10.9. The number of alkyl halides is 3. The molecule has 0 aliphatic heterocycles. The van der Waals surface area contributed by atoms with Gasteiger partial charge < -0.3 is 10.1 Å². The van der Waals surface area contributed by atoms with Gasteiger partial charge in [-0.1, -0.05) is 19.1 Å². The van der Waals surface area contributed by atoms with Crippen LogP contribution in [0.2, 0.25) is 0 Å². The lowest BCUT2D eigenvalue weighted by molar-refractivity contribution is -0.154. The SMILES string of the molecule is CCC(C(=O)Nc1ccc(-c2cncc(OCC(F)(F)F)n2)cc1)c1csc(NS(=O)(=O)C2CC2)n1. The summed E-state index contributed by atoms with van der Waals surface area (Å²) in [6.45, 7) is 0.356. The van der Waals surface area contributed by atoms with Crippen LogP contribution < -0.4 is 14.8 Å². The maximum atomic E-state index is 12.9. The van der Waals surface area contributed by atoms with Crippen LogP contribution >= 0.6 is 11.3 Å². The predicted octanol–water partition coefficient (Wildman–Crippen LogP) is 4.58. The van der Waals surface area contributed by atoms with E-state index >= 15 is 0 Å². The van der Waals surface area contributed by atoms with Crippen molar-refractivity contribution < 1.29 is 31.1 Å². The third-order valence-electron chi connectivity index (χ3n) is 5.24. The Morgan fingerprint density at radius 1 is 1.19 bits per heavy atom. The molecule has 1 aliphatic rings. The molecule has 2 heterocycles. The molecule has 3 aromatic rings. The normalized spacial score (nSPS) is 14.8. The van der Waals surface area contributed by atoms with Crippen LogP contribution in [0.25, 0.3) is 11.3 Å². The number of amides is 1. The van der Waals surface area contributed by atoms with Gasteiger partial charge in [-0.3, -0.25) is 14.5 Å². The van der Waals surface area contributed by atoms with E-state index in [4.69, 9.17) is 0 Å². The lowest BCUT2D eigenvalue weighted by Crippen LogP contribution is -2.21. The van der Waals surface area contributed by atoms with Crippen molar-refractivity contribution in [3.05, 3.63) is 47.7 Å². The van der Waals surface area contributed by atoms with Crippen molar-refractivity contribution in [2.45, 2.75) is 43.5 Å². The molecule has 2 N–H and O–H groups in total. The van der Waals surface area contributed by atoms with E-state index in [0.29, 0.717) is 41.9 Å². The molecule has 36 heavy (non-hydrogen) atoms. The van der Waals surface area contributed by atoms with Gasteiger partial charge in [0.05, 0.1) is 34.9 Å². The molecule has 9 nitrogen and oxygen atoms in total. The van der Waals surface area contributed by atoms with Gasteiger partial charge in [0.15, 0.2) is 11.7 Å². The van der Waals surface area contributed by atoms with Gasteiger partial charge in [-0.2, -0.15) is 13.2 Å². The third-order valence-corrected chi connectivity index (χ3v) is 7.97. The molecule has 1 atom stereocenters. The lowest BCUT2D eigenvalue weighted by Gasteiger charge is -2.13. The van der Waals surface area contributed by atoms with Gasteiger partial charge in [0, 0.05) is 16.6 Å². The van der Waals surface area contributed by atoms with Crippen molar-refractivity contribution in [2.75, 3.05) is 16.6 Å². The van der Waals surface area contributed by atoms with Crippen molar-refractivity contribution in [3.63, 3.8) is 0 Å².